The predicted octanol–water partition coefficient (Wildman–Crippen LogP) is -2.56. The molecule has 1 aliphatic heterocycles. The van der Waals surface area contributed by atoms with Gasteiger partial charge in [-0.1, -0.05) is 20.3 Å². The van der Waals surface area contributed by atoms with Crippen LogP contribution in [0.15, 0.2) is 0 Å². The maximum absolute atomic E-state index is 12.8. The molecule has 1 saturated heterocycles. The number of rotatable bonds is 16. The van der Waals surface area contributed by atoms with Crippen molar-refractivity contribution in [2.45, 2.75) is 77.0 Å². The minimum atomic E-state index is -1.25. The SMILES string of the molecule is CC[C@H](C)[C@H](NC(=O)CNC(=O)[C@H](CCC(=O)O)NC(=O)[C@@H]1CCCN1)C(=O)N[C@@H](C)C(=O)NCC(=O)O. The summed E-state index contributed by atoms with van der Waals surface area (Å²) in [6.45, 7) is 4.34. The summed E-state index contributed by atoms with van der Waals surface area (Å²) in [6, 6.07) is -3.79. The molecule has 38 heavy (non-hydrogen) atoms. The lowest BCUT2D eigenvalue weighted by Gasteiger charge is -2.25. The fourth-order valence-corrected chi connectivity index (χ4v) is 3.62. The number of carboxylic acid groups (broad SMARTS) is 2. The van der Waals surface area contributed by atoms with E-state index in [0.717, 1.165) is 6.42 Å². The number of carboxylic acids is 2. The minimum Gasteiger partial charge on any atom is -0.481 e. The van der Waals surface area contributed by atoms with E-state index in [-0.39, 0.29) is 18.8 Å². The summed E-state index contributed by atoms with van der Waals surface area (Å²) in [5.74, 6) is -6.05. The lowest BCUT2D eigenvalue weighted by molar-refractivity contribution is -0.138. The number of aliphatic carboxylic acids is 2. The van der Waals surface area contributed by atoms with E-state index in [9.17, 15) is 33.6 Å². The summed E-state index contributed by atoms with van der Waals surface area (Å²) < 4.78 is 0. The van der Waals surface area contributed by atoms with Gasteiger partial charge in [0.15, 0.2) is 0 Å². The van der Waals surface area contributed by atoms with Gasteiger partial charge in [-0.3, -0.25) is 33.6 Å². The van der Waals surface area contributed by atoms with E-state index in [0.29, 0.717) is 19.4 Å². The summed E-state index contributed by atoms with van der Waals surface area (Å²) in [4.78, 5) is 83.9. The first kappa shape index (κ1) is 32.3. The van der Waals surface area contributed by atoms with E-state index in [2.05, 4.69) is 31.9 Å². The standard InChI is InChI=1S/C23H38N6O9/c1-4-12(2)19(23(38)27-13(3)20(35)26-11-18(33)34)29-16(30)10-25-21(36)15(7-8-17(31)32)28-22(37)14-6-5-9-24-14/h12-15,19,24H,4-11H2,1-3H3,(H,25,36)(H,26,35)(H,27,38)(H,28,37)(H,29,30)(H,31,32)(H,33,34)/t12-,13-,14-,15-,19-/m0/s1. The summed E-state index contributed by atoms with van der Waals surface area (Å²) in [5, 5.41) is 32.6. The summed E-state index contributed by atoms with van der Waals surface area (Å²) in [6.07, 6.45) is 1.31. The largest absolute Gasteiger partial charge is 0.481 e. The number of carbonyl (C=O) groups excluding carboxylic acids is 5. The first-order valence-corrected chi connectivity index (χ1v) is 12.5. The summed E-state index contributed by atoms with van der Waals surface area (Å²) in [7, 11) is 0. The molecule has 0 saturated carbocycles. The Bertz CT molecular complexity index is 891. The molecule has 0 unspecified atom stereocenters. The molecule has 1 rings (SSSR count). The average Bonchev–Trinajstić information content (AvgIpc) is 3.41. The Balaban J connectivity index is 2.73. The Kier molecular flexibility index (Phi) is 13.7. The minimum absolute atomic E-state index is 0.180. The highest BCUT2D eigenvalue weighted by Gasteiger charge is 2.30. The van der Waals surface area contributed by atoms with Crippen LogP contribution in [0.1, 0.15) is 52.9 Å². The van der Waals surface area contributed by atoms with Crippen LogP contribution >= 0.6 is 0 Å². The Morgan fingerprint density at radius 1 is 0.868 bits per heavy atom. The fourth-order valence-electron chi connectivity index (χ4n) is 3.62. The molecule has 15 nitrogen and oxygen atoms in total. The van der Waals surface area contributed by atoms with Crippen molar-refractivity contribution in [3.8, 4) is 0 Å². The van der Waals surface area contributed by atoms with Gasteiger partial charge in [-0.15, -0.1) is 0 Å². The van der Waals surface area contributed by atoms with Gasteiger partial charge in [-0.2, -0.15) is 0 Å². The quantitative estimate of drug-likeness (QED) is 0.102. The van der Waals surface area contributed by atoms with Crippen molar-refractivity contribution in [3.63, 3.8) is 0 Å². The van der Waals surface area contributed by atoms with Crippen LogP contribution in [0.3, 0.4) is 0 Å². The van der Waals surface area contributed by atoms with Crippen molar-refractivity contribution in [3.05, 3.63) is 0 Å². The lowest BCUT2D eigenvalue weighted by Crippen LogP contribution is -2.57. The van der Waals surface area contributed by atoms with Gasteiger partial charge in [0.2, 0.25) is 29.5 Å². The second kappa shape index (κ2) is 16.2. The van der Waals surface area contributed by atoms with Crippen LogP contribution in [0.5, 0.6) is 0 Å². The van der Waals surface area contributed by atoms with E-state index in [1.807, 2.05) is 0 Å². The van der Waals surface area contributed by atoms with Gasteiger partial charge in [0.1, 0.15) is 24.7 Å². The van der Waals surface area contributed by atoms with Crippen LogP contribution in [0.2, 0.25) is 0 Å². The Morgan fingerprint density at radius 3 is 2.08 bits per heavy atom. The molecule has 1 aliphatic rings. The molecule has 8 N–H and O–H groups in total. The molecule has 1 heterocycles. The van der Waals surface area contributed by atoms with Crippen molar-refractivity contribution < 1.29 is 43.8 Å². The number of amides is 5. The molecule has 0 spiro atoms. The Hall–Kier alpha value is -3.75. The summed E-state index contributed by atoms with van der Waals surface area (Å²) >= 11 is 0. The van der Waals surface area contributed by atoms with Crippen LogP contribution in [0.25, 0.3) is 0 Å². The maximum Gasteiger partial charge on any atom is 0.322 e. The van der Waals surface area contributed by atoms with Crippen LogP contribution in [0.4, 0.5) is 0 Å². The van der Waals surface area contributed by atoms with Crippen LogP contribution in [0, 0.1) is 5.92 Å². The lowest BCUT2D eigenvalue weighted by atomic mass is 9.98. The molecule has 5 atom stereocenters. The zero-order valence-electron chi connectivity index (χ0n) is 21.8. The maximum atomic E-state index is 12.8. The van der Waals surface area contributed by atoms with E-state index in [1.165, 1.54) is 6.92 Å². The molecule has 5 amide bonds. The van der Waals surface area contributed by atoms with Crippen LogP contribution in [-0.2, 0) is 33.6 Å². The van der Waals surface area contributed by atoms with E-state index < -0.39 is 78.7 Å². The van der Waals surface area contributed by atoms with Crippen molar-refractivity contribution in [1.29, 1.82) is 0 Å². The van der Waals surface area contributed by atoms with Crippen LogP contribution in [-0.4, -0.2) is 95.5 Å². The predicted molar refractivity (Wildman–Crippen MR) is 132 cm³/mol. The van der Waals surface area contributed by atoms with Gasteiger partial charge < -0.3 is 42.1 Å². The van der Waals surface area contributed by atoms with Gasteiger partial charge in [0.25, 0.3) is 0 Å². The third-order valence-electron chi connectivity index (χ3n) is 6.06. The first-order chi connectivity index (χ1) is 17.8. The van der Waals surface area contributed by atoms with Crippen molar-refractivity contribution in [2.24, 2.45) is 5.92 Å². The molecule has 0 aromatic heterocycles. The summed E-state index contributed by atoms with van der Waals surface area (Å²) in [5.41, 5.74) is 0. The zero-order chi connectivity index (χ0) is 28.8. The molecular weight excluding hydrogens is 504 g/mol. The number of hydrogen-bond acceptors (Lipinski definition) is 8. The monoisotopic (exact) mass is 542 g/mol. The zero-order valence-corrected chi connectivity index (χ0v) is 21.8. The fraction of sp³-hybridized carbons (Fsp3) is 0.696. The van der Waals surface area contributed by atoms with Crippen LogP contribution < -0.4 is 31.9 Å². The third kappa shape index (κ3) is 11.5. The topological polar surface area (TPSA) is 232 Å². The molecule has 214 valence electrons. The van der Waals surface area contributed by atoms with Gasteiger partial charge in [0.05, 0.1) is 12.6 Å². The number of hydrogen-bond donors (Lipinski definition) is 8. The molecular formula is C23H38N6O9. The number of nitrogens with one attached hydrogen (secondary N) is 6. The molecule has 0 aromatic rings. The Labute approximate surface area is 220 Å². The van der Waals surface area contributed by atoms with Gasteiger partial charge >= 0.3 is 11.9 Å². The molecule has 0 bridgehead atoms. The van der Waals surface area contributed by atoms with E-state index >= 15 is 0 Å². The molecule has 1 fully saturated rings. The van der Waals surface area contributed by atoms with Gasteiger partial charge in [-0.05, 0) is 38.6 Å². The van der Waals surface area contributed by atoms with E-state index in [1.54, 1.807) is 13.8 Å². The number of carbonyl (C=O) groups is 7. The first-order valence-electron chi connectivity index (χ1n) is 12.5. The molecule has 0 aromatic carbocycles. The van der Waals surface area contributed by atoms with Gasteiger partial charge in [0, 0.05) is 6.42 Å². The highest BCUT2D eigenvalue weighted by Crippen LogP contribution is 2.09. The molecule has 15 heteroatoms. The molecule has 0 aliphatic carbocycles. The Morgan fingerprint density at radius 2 is 1.53 bits per heavy atom. The van der Waals surface area contributed by atoms with E-state index in [4.69, 9.17) is 10.2 Å². The smallest absolute Gasteiger partial charge is 0.322 e. The second-order valence-electron chi connectivity index (χ2n) is 9.13. The normalized spacial score (nSPS) is 17.7. The molecule has 0 radical (unpaired) electrons. The third-order valence-corrected chi connectivity index (χ3v) is 6.06. The highest BCUT2D eigenvalue weighted by molar-refractivity contribution is 5.95. The second-order valence-corrected chi connectivity index (χ2v) is 9.13. The van der Waals surface area contributed by atoms with Crippen molar-refractivity contribution in [2.75, 3.05) is 19.6 Å². The van der Waals surface area contributed by atoms with Crippen molar-refractivity contribution >= 4 is 41.5 Å². The van der Waals surface area contributed by atoms with Gasteiger partial charge in [-0.25, -0.2) is 0 Å². The average molecular weight is 543 g/mol. The van der Waals surface area contributed by atoms with Crippen molar-refractivity contribution in [1.82, 2.24) is 31.9 Å². The highest BCUT2D eigenvalue weighted by atomic mass is 16.4.